The van der Waals surface area contributed by atoms with E-state index in [-0.39, 0.29) is 5.91 Å². The second-order valence-corrected chi connectivity index (χ2v) is 5.20. The van der Waals surface area contributed by atoms with Crippen molar-refractivity contribution in [3.8, 4) is 0 Å². The summed E-state index contributed by atoms with van der Waals surface area (Å²) in [7, 11) is 0. The summed E-state index contributed by atoms with van der Waals surface area (Å²) in [6, 6.07) is 7.57. The third-order valence-corrected chi connectivity index (χ3v) is 3.81. The maximum atomic E-state index is 11.5. The first-order chi connectivity index (χ1) is 8.24. The first kappa shape index (κ1) is 14.4. The van der Waals surface area contributed by atoms with Gasteiger partial charge in [0.15, 0.2) is 0 Å². The molecule has 0 heterocycles. The van der Waals surface area contributed by atoms with Gasteiger partial charge in [0.05, 0.1) is 10.8 Å². The van der Waals surface area contributed by atoms with E-state index in [1.54, 1.807) is 0 Å². The van der Waals surface area contributed by atoms with Crippen molar-refractivity contribution in [2.45, 2.75) is 31.1 Å². The quantitative estimate of drug-likeness (QED) is 0.605. The highest BCUT2D eigenvalue weighted by atomic mass is 35.5. The molecule has 1 N–H and O–H groups in total. The second kappa shape index (κ2) is 8.43. The van der Waals surface area contributed by atoms with Crippen LogP contribution < -0.4 is 5.32 Å². The summed E-state index contributed by atoms with van der Waals surface area (Å²) in [5.41, 5.74) is 0. The van der Waals surface area contributed by atoms with E-state index in [9.17, 15) is 4.79 Å². The van der Waals surface area contributed by atoms with Crippen LogP contribution in [0.4, 0.5) is 0 Å². The lowest BCUT2D eigenvalue weighted by molar-refractivity contribution is -0.118. The Morgan fingerprint density at radius 1 is 1.35 bits per heavy atom. The third-order valence-electron chi connectivity index (χ3n) is 2.30. The van der Waals surface area contributed by atoms with Crippen molar-refractivity contribution in [2.24, 2.45) is 0 Å². The Balaban J connectivity index is 2.22. The van der Waals surface area contributed by atoms with Gasteiger partial charge in [-0.3, -0.25) is 4.79 Å². The van der Waals surface area contributed by atoms with Crippen LogP contribution in [-0.2, 0) is 4.79 Å². The van der Waals surface area contributed by atoms with Crippen molar-refractivity contribution >= 4 is 29.3 Å². The van der Waals surface area contributed by atoms with E-state index in [4.69, 9.17) is 11.6 Å². The van der Waals surface area contributed by atoms with E-state index < -0.39 is 0 Å². The van der Waals surface area contributed by atoms with Crippen LogP contribution in [0.3, 0.4) is 0 Å². The summed E-state index contributed by atoms with van der Waals surface area (Å²) in [6.07, 6.45) is 3.39. The van der Waals surface area contributed by atoms with Crippen LogP contribution in [0.5, 0.6) is 0 Å². The lowest BCUT2D eigenvalue weighted by Gasteiger charge is -2.05. The summed E-state index contributed by atoms with van der Waals surface area (Å²) in [5, 5.41) is 3.61. The monoisotopic (exact) mass is 271 g/mol. The number of unbranched alkanes of at least 4 members (excludes halogenated alkanes) is 2. The van der Waals surface area contributed by atoms with Crippen LogP contribution in [0.2, 0.25) is 5.02 Å². The second-order valence-electron chi connectivity index (χ2n) is 3.78. The molecule has 0 atom stereocenters. The van der Waals surface area contributed by atoms with Gasteiger partial charge in [-0.2, -0.15) is 0 Å². The van der Waals surface area contributed by atoms with Gasteiger partial charge in [-0.15, -0.1) is 11.8 Å². The highest BCUT2D eigenvalue weighted by Crippen LogP contribution is 2.26. The minimum absolute atomic E-state index is 0.0750. The number of thioether (sulfide) groups is 1. The molecule has 0 radical (unpaired) electrons. The van der Waals surface area contributed by atoms with Crippen molar-refractivity contribution in [3.05, 3.63) is 29.3 Å². The molecule has 0 aliphatic carbocycles. The normalized spacial score (nSPS) is 10.2. The zero-order valence-corrected chi connectivity index (χ0v) is 11.6. The van der Waals surface area contributed by atoms with Crippen LogP contribution in [-0.4, -0.2) is 18.2 Å². The zero-order chi connectivity index (χ0) is 12.5. The van der Waals surface area contributed by atoms with E-state index in [2.05, 4.69) is 12.2 Å². The first-order valence-electron chi connectivity index (χ1n) is 5.88. The molecule has 4 heteroatoms. The number of benzene rings is 1. The largest absolute Gasteiger partial charge is 0.355 e. The Bertz CT molecular complexity index is 357. The van der Waals surface area contributed by atoms with Gasteiger partial charge in [-0.05, 0) is 18.6 Å². The minimum Gasteiger partial charge on any atom is -0.355 e. The van der Waals surface area contributed by atoms with Crippen LogP contribution in [0.25, 0.3) is 0 Å². The van der Waals surface area contributed by atoms with Crippen molar-refractivity contribution in [2.75, 3.05) is 12.3 Å². The van der Waals surface area contributed by atoms with Crippen molar-refractivity contribution in [3.63, 3.8) is 0 Å². The molecule has 1 rings (SSSR count). The predicted octanol–water partition coefficient (Wildman–Crippen LogP) is 3.74. The average Bonchev–Trinajstić information content (AvgIpc) is 2.34. The SMILES string of the molecule is CCCCCNC(=O)CSc1ccccc1Cl. The fourth-order valence-corrected chi connectivity index (χ4v) is 2.43. The van der Waals surface area contributed by atoms with Gasteiger partial charge in [0.25, 0.3) is 0 Å². The number of hydrogen-bond donors (Lipinski definition) is 1. The number of nitrogens with one attached hydrogen (secondary N) is 1. The van der Waals surface area contributed by atoms with Crippen molar-refractivity contribution < 1.29 is 4.79 Å². The van der Waals surface area contributed by atoms with Crippen LogP contribution >= 0.6 is 23.4 Å². The zero-order valence-electron chi connectivity index (χ0n) is 10.0. The fourth-order valence-electron chi connectivity index (χ4n) is 1.36. The number of carbonyl (C=O) groups excluding carboxylic acids is 1. The predicted molar refractivity (Wildman–Crippen MR) is 74.7 cm³/mol. The van der Waals surface area contributed by atoms with Crippen molar-refractivity contribution in [1.29, 1.82) is 0 Å². The molecule has 1 aromatic rings. The standard InChI is InChI=1S/C13H18ClNOS/c1-2-3-6-9-15-13(16)10-17-12-8-5-4-7-11(12)14/h4-5,7-8H,2-3,6,9-10H2,1H3,(H,15,16). The molecule has 1 amide bonds. The Morgan fingerprint density at radius 2 is 2.12 bits per heavy atom. The third kappa shape index (κ3) is 5.99. The molecular formula is C13H18ClNOS. The first-order valence-corrected chi connectivity index (χ1v) is 7.24. The van der Waals surface area contributed by atoms with Gasteiger partial charge in [0, 0.05) is 11.4 Å². The molecule has 0 spiro atoms. The molecule has 0 saturated carbocycles. The summed E-state index contributed by atoms with van der Waals surface area (Å²) in [4.78, 5) is 12.5. The number of rotatable bonds is 7. The van der Waals surface area contributed by atoms with E-state index in [1.165, 1.54) is 18.2 Å². The molecule has 0 aliphatic rings. The van der Waals surface area contributed by atoms with Gasteiger partial charge in [0.1, 0.15) is 0 Å². The van der Waals surface area contributed by atoms with E-state index >= 15 is 0 Å². The van der Waals surface area contributed by atoms with Crippen molar-refractivity contribution in [1.82, 2.24) is 5.32 Å². The molecule has 0 unspecified atom stereocenters. The summed E-state index contributed by atoms with van der Waals surface area (Å²) < 4.78 is 0. The molecule has 0 aromatic heterocycles. The molecule has 0 aliphatic heterocycles. The fraction of sp³-hybridized carbons (Fsp3) is 0.462. The van der Waals surface area contributed by atoms with E-state index in [0.29, 0.717) is 10.8 Å². The number of amides is 1. The highest BCUT2D eigenvalue weighted by molar-refractivity contribution is 8.00. The summed E-state index contributed by atoms with van der Waals surface area (Å²) in [6.45, 7) is 2.92. The van der Waals surface area contributed by atoms with E-state index in [1.807, 2.05) is 24.3 Å². The average molecular weight is 272 g/mol. The summed E-state index contributed by atoms with van der Waals surface area (Å²) in [5.74, 6) is 0.501. The molecule has 0 fully saturated rings. The van der Waals surface area contributed by atoms with Crippen LogP contribution in [0.15, 0.2) is 29.2 Å². The van der Waals surface area contributed by atoms with Gasteiger partial charge in [0.2, 0.25) is 5.91 Å². The number of carbonyl (C=O) groups is 1. The smallest absolute Gasteiger partial charge is 0.230 e. The topological polar surface area (TPSA) is 29.1 Å². The maximum Gasteiger partial charge on any atom is 0.230 e. The molecule has 1 aromatic carbocycles. The summed E-state index contributed by atoms with van der Waals surface area (Å²) >= 11 is 7.48. The van der Waals surface area contributed by atoms with Crippen LogP contribution in [0.1, 0.15) is 26.2 Å². The highest BCUT2D eigenvalue weighted by Gasteiger charge is 2.04. The van der Waals surface area contributed by atoms with Gasteiger partial charge < -0.3 is 5.32 Å². The van der Waals surface area contributed by atoms with Gasteiger partial charge >= 0.3 is 0 Å². The van der Waals surface area contributed by atoms with E-state index in [0.717, 1.165) is 24.3 Å². The molecular weight excluding hydrogens is 254 g/mol. The molecule has 94 valence electrons. The molecule has 0 saturated heterocycles. The number of halogens is 1. The molecule has 0 bridgehead atoms. The minimum atomic E-state index is 0.0750. The lowest BCUT2D eigenvalue weighted by atomic mass is 10.2. The van der Waals surface area contributed by atoms with Gasteiger partial charge in [-0.1, -0.05) is 43.5 Å². The van der Waals surface area contributed by atoms with Crippen LogP contribution in [0, 0.1) is 0 Å². The van der Waals surface area contributed by atoms with Gasteiger partial charge in [-0.25, -0.2) is 0 Å². The lowest BCUT2D eigenvalue weighted by Crippen LogP contribution is -2.26. The molecule has 2 nitrogen and oxygen atoms in total. The Kier molecular flexibility index (Phi) is 7.13. The number of hydrogen-bond acceptors (Lipinski definition) is 2. The Hall–Kier alpha value is -0.670. The maximum absolute atomic E-state index is 11.5. The molecule has 17 heavy (non-hydrogen) atoms. The Morgan fingerprint density at radius 3 is 2.82 bits per heavy atom. The Labute approximate surface area is 112 Å².